The van der Waals surface area contributed by atoms with Crippen LogP contribution in [0.5, 0.6) is 0 Å². The number of ether oxygens (including phenoxy) is 2. The fraction of sp³-hybridized carbons (Fsp3) is 0.700. The number of aliphatic hydroxyl groups is 1. The lowest BCUT2D eigenvalue weighted by Gasteiger charge is -2.57. The Bertz CT molecular complexity index is 741. The van der Waals surface area contributed by atoms with Crippen LogP contribution in [-0.4, -0.2) is 29.8 Å². The maximum absolute atomic E-state index is 13.2. The fourth-order valence-electron chi connectivity index (χ4n) is 6.62. The number of esters is 2. The number of furan rings is 1. The largest absolute Gasteiger partial charge is 0.465 e. The molecule has 7 unspecified atom stereocenters. The molecule has 1 N–H and O–H groups in total. The summed E-state index contributed by atoms with van der Waals surface area (Å²) in [5.74, 6) is -0.139. The van der Waals surface area contributed by atoms with Crippen molar-refractivity contribution in [3.8, 4) is 0 Å². The van der Waals surface area contributed by atoms with Gasteiger partial charge in [-0.05, 0) is 43.2 Å². The Morgan fingerprint density at radius 3 is 2.85 bits per heavy atom. The average Bonchev–Trinajstić information content (AvgIpc) is 3.33. The topological polar surface area (TPSA) is 86.0 Å². The van der Waals surface area contributed by atoms with Crippen LogP contribution < -0.4 is 0 Å². The van der Waals surface area contributed by atoms with Crippen LogP contribution in [-0.2, 0) is 19.1 Å². The summed E-state index contributed by atoms with van der Waals surface area (Å²) in [6.45, 7) is 1.94. The molecule has 5 rings (SSSR count). The molecule has 1 aromatic heterocycles. The summed E-state index contributed by atoms with van der Waals surface area (Å²) in [5.41, 5.74) is -1.34. The number of cyclic esters (lactones) is 1. The van der Waals surface area contributed by atoms with E-state index in [2.05, 4.69) is 6.92 Å². The molecule has 0 radical (unpaired) electrons. The first-order valence-electron chi connectivity index (χ1n) is 9.60. The summed E-state index contributed by atoms with van der Waals surface area (Å²) in [5, 5.41) is 10.4. The van der Waals surface area contributed by atoms with Crippen LogP contribution in [0.25, 0.3) is 0 Å². The first-order valence-corrected chi connectivity index (χ1v) is 9.60. The van der Waals surface area contributed by atoms with Crippen molar-refractivity contribution in [2.24, 2.45) is 28.6 Å². The Balaban J connectivity index is 1.61. The zero-order valence-corrected chi connectivity index (χ0v) is 14.8. The second kappa shape index (κ2) is 5.35. The van der Waals surface area contributed by atoms with Gasteiger partial charge in [0, 0.05) is 11.8 Å². The molecule has 6 heteroatoms. The third-order valence-corrected chi connectivity index (χ3v) is 7.78. The van der Waals surface area contributed by atoms with E-state index in [1.807, 2.05) is 6.07 Å². The number of carbonyl (C=O) groups excluding carboxylic acids is 2. The molecule has 2 aliphatic carbocycles. The van der Waals surface area contributed by atoms with Gasteiger partial charge in [0.2, 0.25) is 0 Å². The number of fused-ring (bicyclic) bond motifs is 1. The third kappa shape index (κ3) is 1.76. The predicted molar refractivity (Wildman–Crippen MR) is 88.6 cm³/mol. The van der Waals surface area contributed by atoms with E-state index in [9.17, 15) is 14.7 Å². The highest BCUT2D eigenvalue weighted by atomic mass is 16.6. The van der Waals surface area contributed by atoms with Crippen molar-refractivity contribution >= 4 is 11.9 Å². The van der Waals surface area contributed by atoms with Gasteiger partial charge in [0.25, 0.3) is 0 Å². The Morgan fingerprint density at radius 2 is 2.12 bits per heavy atom. The molecule has 4 aliphatic rings. The van der Waals surface area contributed by atoms with E-state index in [4.69, 9.17) is 13.9 Å². The van der Waals surface area contributed by atoms with Crippen LogP contribution in [0.15, 0.2) is 22.8 Å². The van der Waals surface area contributed by atoms with Crippen molar-refractivity contribution in [1.29, 1.82) is 0 Å². The standard InChI is InChI=1S/C20H24O6/c1-11-8-16-20(10-21)12(17(22)26-16)4-2-6-15(20)19(11)9-14(25-18(19)23)13-5-3-7-24-13/h3,5,7,11-12,14-16,21H,2,4,6,8-10H2,1H3. The number of hydrogen-bond donors (Lipinski definition) is 1. The molecule has 2 saturated carbocycles. The number of rotatable bonds is 2. The highest BCUT2D eigenvalue weighted by Gasteiger charge is 2.74. The van der Waals surface area contributed by atoms with Gasteiger partial charge in [0.05, 0.1) is 24.2 Å². The minimum Gasteiger partial charge on any atom is -0.465 e. The van der Waals surface area contributed by atoms with Gasteiger partial charge >= 0.3 is 11.9 Å². The second-order valence-electron chi connectivity index (χ2n) is 8.52. The highest BCUT2D eigenvalue weighted by molar-refractivity contribution is 5.82. The lowest BCUT2D eigenvalue weighted by Crippen LogP contribution is -2.62. The lowest BCUT2D eigenvalue weighted by molar-refractivity contribution is -0.184. The molecule has 6 nitrogen and oxygen atoms in total. The summed E-state index contributed by atoms with van der Waals surface area (Å²) in [6, 6.07) is 3.63. The molecule has 0 bridgehead atoms. The van der Waals surface area contributed by atoms with E-state index in [1.165, 1.54) is 0 Å². The maximum Gasteiger partial charge on any atom is 0.313 e. The first kappa shape index (κ1) is 16.4. The Hall–Kier alpha value is -1.82. The molecule has 4 fully saturated rings. The van der Waals surface area contributed by atoms with Crippen LogP contribution in [0.1, 0.15) is 50.9 Å². The lowest BCUT2D eigenvalue weighted by atomic mass is 9.44. The van der Waals surface area contributed by atoms with Crippen LogP contribution in [0.4, 0.5) is 0 Å². The van der Waals surface area contributed by atoms with Crippen LogP contribution >= 0.6 is 0 Å². The molecular weight excluding hydrogens is 336 g/mol. The van der Waals surface area contributed by atoms with Gasteiger partial charge in [-0.3, -0.25) is 9.59 Å². The predicted octanol–water partition coefficient (Wildman–Crippen LogP) is 2.61. The van der Waals surface area contributed by atoms with Gasteiger partial charge in [-0.1, -0.05) is 13.3 Å². The van der Waals surface area contributed by atoms with Gasteiger partial charge < -0.3 is 19.0 Å². The van der Waals surface area contributed by atoms with Crippen molar-refractivity contribution < 1.29 is 28.6 Å². The molecule has 0 amide bonds. The number of aliphatic hydroxyl groups excluding tert-OH is 1. The molecule has 3 heterocycles. The van der Waals surface area contributed by atoms with Crippen molar-refractivity contribution in [3.63, 3.8) is 0 Å². The highest BCUT2D eigenvalue weighted by Crippen LogP contribution is 2.69. The number of hydrogen-bond acceptors (Lipinski definition) is 6. The van der Waals surface area contributed by atoms with Crippen molar-refractivity contribution in [2.45, 2.75) is 51.2 Å². The van der Waals surface area contributed by atoms with Gasteiger partial charge in [-0.2, -0.15) is 0 Å². The van der Waals surface area contributed by atoms with Gasteiger partial charge in [-0.15, -0.1) is 0 Å². The summed E-state index contributed by atoms with van der Waals surface area (Å²) in [6.07, 6.45) is 4.44. The zero-order chi connectivity index (χ0) is 18.1. The van der Waals surface area contributed by atoms with E-state index in [-0.39, 0.29) is 42.4 Å². The SMILES string of the molecule is CC1CC2OC(=O)C3CCCC(C14CC(c1ccco1)OC4=O)C23CO. The molecule has 26 heavy (non-hydrogen) atoms. The van der Waals surface area contributed by atoms with Crippen LogP contribution in [0.3, 0.4) is 0 Å². The number of carbonyl (C=O) groups is 2. The van der Waals surface area contributed by atoms with Crippen molar-refractivity contribution in [1.82, 2.24) is 0 Å². The first-order chi connectivity index (χ1) is 12.5. The minimum absolute atomic E-state index is 0.0225. The molecule has 1 spiro atoms. The van der Waals surface area contributed by atoms with Crippen LogP contribution in [0, 0.1) is 28.6 Å². The fourth-order valence-corrected chi connectivity index (χ4v) is 6.62. The van der Waals surface area contributed by atoms with Gasteiger partial charge in [-0.25, -0.2) is 0 Å². The Kier molecular flexibility index (Phi) is 3.36. The zero-order valence-electron chi connectivity index (χ0n) is 14.8. The van der Waals surface area contributed by atoms with E-state index >= 15 is 0 Å². The van der Waals surface area contributed by atoms with Crippen molar-refractivity contribution in [3.05, 3.63) is 24.2 Å². The molecule has 140 valence electrons. The van der Waals surface area contributed by atoms with Gasteiger partial charge in [0.15, 0.2) is 6.10 Å². The average molecular weight is 360 g/mol. The molecule has 2 aliphatic heterocycles. The van der Waals surface area contributed by atoms with E-state index in [0.717, 1.165) is 19.3 Å². The van der Waals surface area contributed by atoms with Crippen molar-refractivity contribution in [2.75, 3.05) is 6.61 Å². The Morgan fingerprint density at radius 1 is 1.27 bits per heavy atom. The molecule has 0 aromatic carbocycles. The molecule has 1 aromatic rings. The Labute approximate surface area is 151 Å². The minimum atomic E-state index is -0.691. The van der Waals surface area contributed by atoms with Gasteiger partial charge in [0.1, 0.15) is 11.9 Å². The third-order valence-electron chi connectivity index (χ3n) is 7.78. The summed E-state index contributed by atoms with van der Waals surface area (Å²) < 4.78 is 17.0. The van der Waals surface area contributed by atoms with E-state index in [0.29, 0.717) is 18.6 Å². The monoisotopic (exact) mass is 360 g/mol. The summed E-state index contributed by atoms with van der Waals surface area (Å²) >= 11 is 0. The molecule has 2 saturated heterocycles. The van der Waals surface area contributed by atoms with E-state index < -0.39 is 16.9 Å². The second-order valence-corrected chi connectivity index (χ2v) is 8.52. The molecule has 7 atom stereocenters. The normalized spacial score (nSPS) is 46.9. The summed E-state index contributed by atoms with van der Waals surface area (Å²) in [7, 11) is 0. The molecular formula is C20H24O6. The smallest absolute Gasteiger partial charge is 0.313 e. The van der Waals surface area contributed by atoms with E-state index in [1.54, 1.807) is 12.3 Å². The summed E-state index contributed by atoms with van der Waals surface area (Å²) in [4.78, 5) is 25.7. The van der Waals surface area contributed by atoms with Crippen LogP contribution in [0.2, 0.25) is 0 Å². The quantitative estimate of drug-likeness (QED) is 0.816. The maximum atomic E-state index is 13.2.